The second-order valence-electron chi connectivity index (χ2n) is 8.78. The zero-order valence-electron chi connectivity index (χ0n) is 17.4. The van der Waals surface area contributed by atoms with Crippen molar-refractivity contribution < 1.29 is 18.7 Å². The quantitative estimate of drug-likeness (QED) is 0.294. The molecular formula is C20H33NO4Si. The maximum Gasteiger partial charge on any atom is 0.331 e. The lowest BCUT2D eigenvalue weighted by Crippen LogP contribution is -2.41. The largest absolute Gasteiger partial charge is 0.490 e. The zero-order valence-corrected chi connectivity index (χ0v) is 18.4. The monoisotopic (exact) mass is 379 g/mol. The fourth-order valence-corrected chi connectivity index (χ4v) is 2.81. The Morgan fingerprint density at radius 3 is 2.35 bits per heavy atom. The van der Waals surface area contributed by atoms with Crippen LogP contribution in [0.4, 0.5) is 0 Å². The second kappa shape index (κ2) is 8.82. The van der Waals surface area contributed by atoms with E-state index in [-0.39, 0.29) is 11.0 Å². The van der Waals surface area contributed by atoms with E-state index in [1.807, 2.05) is 26.8 Å². The molecule has 0 N–H and O–H groups in total. The van der Waals surface area contributed by atoms with Crippen molar-refractivity contribution in [2.45, 2.75) is 65.3 Å². The van der Waals surface area contributed by atoms with Crippen LogP contribution >= 0.6 is 0 Å². The average molecular weight is 380 g/mol. The number of hydrogen-bond donors (Lipinski definition) is 0. The van der Waals surface area contributed by atoms with Crippen LogP contribution in [0.5, 0.6) is 5.75 Å². The van der Waals surface area contributed by atoms with Crippen LogP contribution in [0, 0.1) is 0 Å². The standard InChI is InChI=1S/C20H33NO4Si/c1-19(2,3)25-18(22)10-9-16-13-17(15-21-14-16)23-11-12-24-26(7,8)20(4,5)6/h9-10,13-15H,11-12H2,1-8H3/b10-9+. The van der Waals surface area contributed by atoms with Gasteiger partial charge in [0.15, 0.2) is 8.32 Å². The Balaban J connectivity index is 2.54. The molecule has 0 radical (unpaired) electrons. The Kier molecular flexibility index (Phi) is 7.59. The molecule has 0 unspecified atom stereocenters. The van der Waals surface area contributed by atoms with Gasteiger partial charge in [0.2, 0.25) is 0 Å². The number of aromatic nitrogens is 1. The molecule has 0 bridgehead atoms. The Labute approximate surface area is 158 Å². The summed E-state index contributed by atoms with van der Waals surface area (Å²) in [6, 6.07) is 1.83. The Morgan fingerprint density at radius 2 is 1.77 bits per heavy atom. The highest BCUT2D eigenvalue weighted by Gasteiger charge is 2.36. The molecular weight excluding hydrogens is 346 g/mol. The van der Waals surface area contributed by atoms with E-state index < -0.39 is 13.9 Å². The minimum absolute atomic E-state index is 0.181. The van der Waals surface area contributed by atoms with Gasteiger partial charge in [-0.1, -0.05) is 20.8 Å². The molecule has 0 amide bonds. The van der Waals surface area contributed by atoms with Crippen molar-refractivity contribution >= 4 is 20.4 Å². The van der Waals surface area contributed by atoms with Gasteiger partial charge in [-0.2, -0.15) is 0 Å². The molecule has 1 rings (SSSR count). The molecule has 0 aliphatic heterocycles. The number of hydrogen-bond acceptors (Lipinski definition) is 5. The summed E-state index contributed by atoms with van der Waals surface area (Å²) in [5.74, 6) is 0.266. The van der Waals surface area contributed by atoms with Crippen LogP contribution in [0.2, 0.25) is 18.1 Å². The summed E-state index contributed by atoms with van der Waals surface area (Å²) in [4.78, 5) is 15.9. The number of rotatable bonds is 7. The molecule has 0 spiro atoms. The zero-order chi connectivity index (χ0) is 20.0. The lowest BCUT2D eigenvalue weighted by atomic mass is 10.2. The van der Waals surface area contributed by atoms with E-state index in [2.05, 4.69) is 38.8 Å². The molecule has 1 heterocycles. The molecule has 0 aliphatic carbocycles. The third kappa shape index (κ3) is 8.14. The predicted molar refractivity (Wildman–Crippen MR) is 108 cm³/mol. The number of esters is 1. The van der Waals surface area contributed by atoms with Crippen LogP contribution in [0.3, 0.4) is 0 Å². The van der Waals surface area contributed by atoms with Crippen LogP contribution in [0.15, 0.2) is 24.5 Å². The van der Waals surface area contributed by atoms with E-state index in [1.165, 1.54) is 6.08 Å². The van der Waals surface area contributed by atoms with Crippen molar-refractivity contribution in [1.29, 1.82) is 0 Å². The number of nitrogens with zero attached hydrogens (tertiary/aromatic N) is 1. The smallest absolute Gasteiger partial charge is 0.331 e. The topological polar surface area (TPSA) is 57.7 Å². The third-order valence-electron chi connectivity index (χ3n) is 4.17. The van der Waals surface area contributed by atoms with Crippen molar-refractivity contribution in [3.63, 3.8) is 0 Å². The van der Waals surface area contributed by atoms with Crippen LogP contribution in [-0.2, 0) is 14.0 Å². The molecule has 6 heteroatoms. The first-order chi connectivity index (χ1) is 11.8. The van der Waals surface area contributed by atoms with Gasteiger partial charge in [-0.3, -0.25) is 4.98 Å². The summed E-state index contributed by atoms with van der Waals surface area (Å²) in [6.07, 6.45) is 6.38. The highest BCUT2D eigenvalue weighted by Crippen LogP contribution is 2.36. The molecule has 1 aromatic rings. The molecule has 146 valence electrons. The summed E-state index contributed by atoms with van der Waals surface area (Å²) in [6.45, 7) is 17.6. The Hall–Kier alpha value is -1.66. The lowest BCUT2D eigenvalue weighted by Gasteiger charge is -2.36. The molecule has 0 fully saturated rings. The summed E-state index contributed by atoms with van der Waals surface area (Å²) >= 11 is 0. The van der Waals surface area contributed by atoms with E-state index in [9.17, 15) is 4.79 Å². The minimum Gasteiger partial charge on any atom is -0.490 e. The molecule has 5 nitrogen and oxygen atoms in total. The fourth-order valence-electron chi connectivity index (χ4n) is 1.78. The van der Waals surface area contributed by atoms with Crippen LogP contribution in [-0.4, -0.2) is 38.1 Å². The number of carbonyl (C=O) groups is 1. The minimum atomic E-state index is -1.76. The van der Waals surface area contributed by atoms with Gasteiger partial charge in [0.05, 0.1) is 12.8 Å². The molecule has 26 heavy (non-hydrogen) atoms. The molecule has 0 saturated carbocycles. The van der Waals surface area contributed by atoms with E-state index >= 15 is 0 Å². The van der Waals surface area contributed by atoms with Crippen LogP contribution < -0.4 is 4.74 Å². The Bertz CT molecular complexity index is 627. The van der Waals surface area contributed by atoms with E-state index in [4.69, 9.17) is 13.9 Å². The Morgan fingerprint density at radius 1 is 1.12 bits per heavy atom. The summed E-state index contributed by atoms with van der Waals surface area (Å²) < 4.78 is 17.1. The summed E-state index contributed by atoms with van der Waals surface area (Å²) in [5.41, 5.74) is 0.271. The van der Waals surface area contributed by atoms with Crippen molar-refractivity contribution in [3.8, 4) is 5.75 Å². The molecule has 0 aliphatic rings. The van der Waals surface area contributed by atoms with Crippen LogP contribution in [0.1, 0.15) is 47.1 Å². The van der Waals surface area contributed by atoms with Gasteiger partial charge in [0.25, 0.3) is 0 Å². The normalized spacial score (nSPS) is 13.1. The van der Waals surface area contributed by atoms with Gasteiger partial charge in [-0.15, -0.1) is 0 Å². The van der Waals surface area contributed by atoms with Crippen molar-refractivity contribution in [2.24, 2.45) is 0 Å². The van der Waals surface area contributed by atoms with Crippen LogP contribution in [0.25, 0.3) is 6.08 Å². The maximum atomic E-state index is 11.7. The second-order valence-corrected chi connectivity index (χ2v) is 13.6. The number of carbonyl (C=O) groups excluding carboxylic acids is 1. The number of ether oxygens (including phenoxy) is 2. The number of pyridine rings is 1. The third-order valence-corrected chi connectivity index (χ3v) is 8.71. The van der Waals surface area contributed by atoms with E-state index in [0.717, 1.165) is 5.56 Å². The molecule has 0 saturated heterocycles. The van der Waals surface area contributed by atoms with Gasteiger partial charge >= 0.3 is 5.97 Å². The van der Waals surface area contributed by atoms with Gasteiger partial charge in [-0.25, -0.2) is 4.79 Å². The highest BCUT2D eigenvalue weighted by molar-refractivity contribution is 6.74. The summed E-state index contributed by atoms with van der Waals surface area (Å²) in [5, 5.41) is 0.181. The highest BCUT2D eigenvalue weighted by atomic mass is 28.4. The average Bonchev–Trinajstić information content (AvgIpc) is 2.47. The predicted octanol–water partition coefficient (Wildman–Crippen LogP) is 4.84. The molecule has 0 atom stereocenters. The molecule has 1 aromatic heterocycles. The van der Waals surface area contributed by atoms with Crippen molar-refractivity contribution in [3.05, 3.63) is 30.1 Å². The first-order valence-electron chi connectivity index (χ1n) is 8.93. The van der Waals surface area contributed by atoms with Gasteiger partial charge in [0, 0.05) is 12.3 Å². The molecule has 0 aromatic carbocycles. The first-order valence-corrected chi connectivity index (χ1v) is 11.8. The SMILES string of the molecule is CC(C)(C)OC(=O)/C=C/c1cncc(OCCO[Si](C)(C)C(C)(C)C)c1. The lowest BCUT2D eigenvalue weighted by molar-refractivity contribution is -0.148. The maximum absolute atomic E-state index is 11.7. The first kappa shape index (κ1) is 22.4. The van der Waals surface area contributed by atoms with Gasteiger partial charge in [-0.05, 0) is 56.6 Å². The van der Waals surface area contributed by atoms with E-state index in [1.54, 1.807) is 18.5 Å². The van der Waals surface area contributed by atoms with Gasteiger partial charge < -0.3 is 13.9 Å². The van der Waals surface area contributed by atoms with Gasteiger partial charge in [0.1, 0.15) is 18.0 Å². The van der Waals surface area contributed by atoms with Crippen molar-refractivity contribution in [1.82, 2.24) is 4.98 Å². The fraction of sp³-hybridized carbons (Fsp3) is 0.600. The van der Waals surface area contributed by atoms with E-state index in [0.29, 0.717) is 19.0 Å². The summed E-state index contributed by atoms with van der Waals surface area (Å²) in [7, 11) is -1.76. The van der Waals surface area contributed by atoms with Crippen molar-refractivity contribution in [2.75, 3.05) is 13.2 Å².